The summed E-state index contributed by atoms with van der Waals surface area (Å²) in [5.74, 6) is 1.09. The molecule has 9 heteroatoms. The van der Waals surface area contributed by atoms with Crippen LogP contribution in [-0.2, 0) is 26.8 Å². The first-order valence-electron chi connectivity index (χ1n) is 16.4. The summed E-state index contributed by atoms with van der Waals surface area (Å²) in [5.41, 5.74) is 4.12. The lowest BCUT2D eigenvalue weighted by molar-refractivity contribution is -0.683. The van der Waals surface area contributed by atoms with Crippen molar-refractivity contribution in [3.05, 3.63) is 76.7 Å². The Morgan fingerprint density at radius 2 is 1.55 bits per heavy atom. The van der Waals surface area contributed by atoms with Crippen LogP contribution >= 0.6 is 19.2 Å². The van der Waals surface area contributed by atoms with E-state index in [9.17, 15) is 9.46 Å². The van der Waals surface area contributed by atoms with Gasteiger partial charge in [-0.3, -0.25) is 9.42 Å². The summed E-state index contributed by atoms with van der Waals surface area (Å²) in [4.78, 5) is 10.3. The van der Waals surface area contributed by atoms with Crippen molar-refractivity contribution >= 4 is 19.2 Å². The number of thiazole rings is 1. The Labute approximate surface area is 269 Å². The van der Waals surface area contributed by atoms with E-state index in [2.05, 4.69) is 13.0 Å². The molecule has 0 aliphatic rings. The Hall–Kier alpha value is -2.22. The van der Waals surface area contributed by atoms with Crippen LogP contribution in [-0.4, -0.2) is 31.3 Å². The second kappa shape index (κ2) is 21.5. The lowest BCUT2D eigenvalue weighted by Crippen LogP contribution is -2.30. The monoisotopic (exact) mass is 646 g/mol. The van der Waals surface area contributed by atoms with E-state index in [-0.39, 0.29) is 19.0 Å². The average Bonchev–Trinajstić information content (AvgIpc) is 3.53. The van der Waals surface area contributed by atoms with Gasteiger partial charge in [0.05, 0.1) is 12.0 Å². The van der Waals surface area contributed by atoms with Gasteiger partial charge in [0.25, 0.3) is 0 Å². The Morgan fingerprint density at radius 3 is 2.20 bits per heavy atom. The van der Waals surface area contributed by atoms with Gasteiger partial charge in [0.2, 0.25) is 5.51 Å². The summed E-state index contributed by atoms with van der Waals surface area (Å²) < 4.78 is 36.9. The van der Waals surface area contributed by atoms with Crippen molar-refractivity contribution in [1.29, 1.82) is 0 Å². The lowest BCUT2D eigenvalue weighted by atomic mass is 10.0. The Morgan fingerprint density at radius 1 is 0.864 bits per heavy atom. The van der Waals surface area contributed by atoms with Crippen molar-refractivity contribution in [2.75, 3.05) is 20.3 Å². The zero-order valence-electron chi connectivity index (χ0n) is 26.7. The first-order chi connectivity index (χ1) is 21.5. The highest BCUT2D eigenvalue weighted by Crippen LogP contribution is 2.44. The highest BCUT2D eigenvalue weighted by molar-refractivity contribution is 7.47. The topological polar surface area (TPSA) is 78.1 Å². The number of para-hydroxylation sites is 1. The number of nitrogens with zero attached hydrogens (tertiary/aromatic N) is 1. The fourth-order valence-electron chi connectivity index (χ4n) is 5.15. The Bertz CT molecular complexity index is 1210. The fraction of sp³-hybridized carbons (Fsp3) is 0.571. The maximum absolute atomic E-state index is 12.7. The van der Waals surface area contributed by atoms with Crippen LogP contribution in [0.1, 0.15) is 102 Å². The van der Waals surface area contributed by atoms with Gasteiger partial charge < -0.3 is 14.0 Å². The third-order valence-corrected chi connectivity index (χ3v) is 9.30. The molecular formula is C35H53NO6PS+. The van der Waals surface area contributed by atoms with E-state index in [1.54, 1.807) is 29.5 Å². The second-order valence-corrected chi connectivity index (χ2v) is 13.6. The van der Waals surface area contributed by atoms with Gasteiger partial charge in [-0.2, -0.15) is 4.57 Å². The molecular weight excluding hydrogens is 593 g/mol. The molecule has 0 fully saturated rings. The number of hydrogen-bond donors (Lipinski definition) is 1. The summed E-state index contributed by atoms with van der Waals surface area (Å²) in [5, 5.41) is 1.99. The van der Waals surface area contributed by atoms with Crippen molar-refractivity contribution in [3.8, 4) is 11.5 Å². The molecule has 0 bridgehead atoms. The zero-order chi connectivity index (χ0) is 31.3. The van der Waals surface area contributed by atoms with Gasteiger partial charge >= 0.3 is 7.82 Å². The summed E-state index contributed by atoms with van der Waals surface area (Å²) in [6.45, 7) is 2.96. The standard InChI is InChI=1S/C35H52NO6PS/c1-3-4-5-6-7-8-9-10-11-12-13-14-15-20-32-21-16-17-23-35(32)40-28-34(39-2)29-41-43(37,38)42-33-22-18-19-31(26-33)27-36-24-25-44-30-36/h16-19,21-26,30,34H,3-15,20,27-29H2,1-2H3/p+1. The van der Waals surface area contributed by atoms with E-state index in [1.807, 2.05) is 45.9 Å². The van der Waals surface area contributed by atoms with Crippen LogP contribution in [0, 0.1) is 0 Å². The van der Waals surface area contributed by atoms with Gasteiger partial charge in [0.1, 0.15) is 24.2 Å². The molecule has 1 N–H and O–H groups in total. The highest BCUT2D eigenvalue weighted by atomic mass is 32.1. The lowest BCUT2D eigenvalue weighted by Gasteiger charge is -2.20. The van der Waals surface area contributed by atoms with Crippen molar-refractivity contribution in [1.82, 2.24) is 0 Å². The van der Waals surface area contributed by atoms with Crippen LogP contribution in [0.25, 0.3) is 0 Å². The van der Waals surface area contributed by atoms with Crippen LogP contribution < -0.4 is 13.8 Å². The zero-order valence-corrected chi connectivity index (χ0v) is 28.5. The molecule has 3 rings (SSSR count). The number of aryl methyl sites for hydroxylation is 1. The minimum atomic E-state index is -4.36. The summed E-state index contributed by atoms with van der Waals surface area (Å²) in [6.07, 6.45) is 19.8. The normalized spacial score (nSPS) is 13.4. The Balaban J connectivity index is 1.32. The smallest absolute Gasteiger partial charge is 0.491 e. The molecule has 7 nitrogen and oxygen atoms in total. The molecule has 0 spiro atoms. The average molecular weight is 647 g/mol. The quantitative estimate of drug-likeness (QED) is 0.0562. The number of phosphoric acid groups is 1. The largest absolute Gasteiger partial charge is 0.527 e. The van der Waals surface area contributed by atoms with E-state index in [1.165, 1.54) is 89.7 Å². The molecule has 0 saturated carbocycles. The van der Waals surface area contributed by atoms with Crippen molar-refractivity contribution < 1.29 is 32.5 Å². The third kappa shape index (κ3) is 15.2. The maximum atomic E-state index is 12.7. The van der Waals surface area contributed by atoms with Crippen LogP contribution in [0.4, 0.5) is 0 Å². The summed E-state index contributed by atoms with van der Waals surface area (Å²) in [6, 6.07) is 15.2. The van der Waals surface area contributed by atoms with Crippen LogP contribution in [0.5, 0.6) is 11.5 Å². The van der Waals surface area contributed by atoms with E-state index in [0.717, 1.165) is 24.2 Å². The third-order valence-electron chi connectivity index (χ3n) is 7.72. The van der Waals surface area contributed by atoms with Crippen molar-refractivity contribution in [2.45, 2.75) is 109 Å². The molecule has 2 atom stereocenters. The number of hydrogen-bond acceptors (Lipinski definition) is 6. The maximum Gasteiger partial charge on any atom is 0.527 e. The summed E-state index contributed by atoms with van der Waals surface area (Å²) >= 11 is 1.60. The predicted octanol–water partition coefficient (Wildman–Crippen LogP) is 9.31. The van der Waals surface area contributed by atoms with Crippen molar-refractivity contribution in [3.63, 3.8) is 0 Å². The molecule has 0 aliphatic carbocycles. The molecule has 0 saturated heterocycles. The molecule has 0 amide bonds. The molecule has 2 aromatic carbocycles. The number of unbranched alkanes of at least 4 members (excludes halogenated alkanes) is 12. The Kier molecular flexibility index (Phi) is 17.7. The minimum Gasteiger partial charge on any atom is -0.491 e. The van der Waals surface area contributed by atoms with Crippen LogP contribution in [0.2, 0.25) is 0 Å². The number of phosphoric ester groups is 1. The minimum absolute atomic E-state index is 0.143. The van der Waals surface area contributed by atoms with Gasteiger partial charge in [0.15, 0.2) is 12.7 Å². The number of benzene rings is 2. The molecule has 1 heterocycles. The molecule has 1 aromatic heterocycles. The molecule has 44 heavy (non-hydrogen) atoms. The van der Waals surface area contributed by atoms with E-state index in [4.69, 9.17) is 18.5 Å². The molecule has 2 unspecified atom stereocenters. The first-order valence-corrected chi connectivity index (χ1v) is 18.8. The van der Waals surface area contributed by atoms with Crippen LogP contribution in [0.3, 0.4) is 0 Å². The van der Waals surface area contributed by atoms with Gasteiger partial charge in [-0.05, 0) is 36.6 Å². The molecule has 0 aliphatic heterocycles. The van der Waals surface area contributed by atoms with Gasteiger partial charge in [0, 0.05) is 12.7 Å². The molecule has 0 radical (unpaired) electrons. The molecule has 244 valence electrons. The number of ether oxygens (including phenoxy) is 2. The predicted molar refractivity (Wildman–Crippen MR) is 179 cm³/mol. The van der Waals surface area contributed by atoms with E-state index >= 15 is 0 Å². The first kappa shape index (κ1) is 36.3. The SMILES string of the molecule is CCCCCCCCCCCCCCCc1ccccc1OCC(COP(=O)(O)Oc1cccc(C[n+]2ccsc2)c1)OC. The number of aromatic nitrogens is 1. The highest BCUT2D eigenvalue weighted by Gasteiger charge is 2.26. The summed E-state index contributed by atoms with van der Waals surface area (Å²) in [7, 11) is -2.82. The number of methoxy groups -OCH3 is 1. The van der Waals surface area contributed by atoms with Crippen molar-refractivity contribution in [2.24, 2.45) is 0 Å². The second-order valence-electron chi connectivity index (χ2n) is 11.5. The van der Waals surface area contributed by atoms with Crippen LogP contribution in [0.15, 0.2) is 65.6 Å². The van der Waals surface area contributed by atoms with Gasteiger partial charge in [-0.25, -0.2) is 4.57 Å². The van der Waals surface area contributed by atoms with Gasteiger partial charge in [-0.15, -0.1) is 0 Å². The molecule has 3 aromatic rings. The van der Waals surface area contributed by atoms with Gasteiger partial charge in [-0.1, -0.05) is 126 Å². The van der Waals surface area contributed by atoms with E-state index in [0.29, 0.717) is 6.54 Å². The van der Waals surface area contributed by atoms with E-state index < -0.39 is 13.9 Å². The number of rotatable bonds is 25. The fourth-order valence-corrected chi connectivity index (χ4v) is 6.54.